The lowest BCUT2D eigenvalue weighted by atomic mass is 9.76. The number of likely N-dealkylation sites (N-methyl/N-ethyl adjacent to an activating group) is 1. The van der Waals surface area contributed by atoms with Gasteiger partial charge in [0.05, 0.1) is 7.11 Å². The first-order valence-corrected chi connectivity index (χ1v) is 10.2. The smallest absolute Gasteiger partial charge is 0.504 e. The lowest BCUT2D eigenvalue weighted by molar-refractivity contribution is -0.0500. The number of fused-ring (bicyclic) bond motifs is 2. The first kappa shape index (κ1) is 19.8. The number of rotatable bonds is 3. The van der Waals surface area contributed by atoms with Crippen LogP contribution in [-0.4, -0.2) is 44.6 Å². The molecule has 10 heteroatoms. The van der Waals surface area contributed by atoms with Gasteiger partial charge in [-0.15, -0.1) is 0 Å². The highest BCUT2D eigenvalue weighted by Crippen LogP contribution is 2.51. The highest BCUT2D eigenvalue weighted by molar-refractivity contribution is 7.88. The third-order valence-corrected chi connectivity index (χ3v) is 6.43. The minimum Gasteiger partial charge on any atom is -0.504 e. The van der Waals surface area contributed by atoms with Crippen molar-refractivity contribution in [3.8, 4) is 28.4 Å². The Hall–Kier alpha value is -2.46. The molecule has 156 valence electrons. The molecule has 1 aliphatic heterocycles. The van der Waals surface area contributed by atoms with Crippen LogP contribution in [0.5, 0.6) is 17.2 Å². The number of hydrogen-bond acceptors (Lipinski definition) is 6. The molecule has 4 rings (SSSR count). The monoisotopic (exact) mass is 429 g/mol. The van der Waals surface area contributed by atoms with E-state index < -0.39 is 27.1 Å². The molecule has 6 nitrogen and oxygen atoms in total. The van der Waals surface area contributed by atoms with Gasteiger partial charge in [-0.2, -0.15) is 21.6 Å². The first-order valence-electron chi connectivity index (χ1n) is 8.80. The number of phenolic OH excluding ortho intramolecular Hbond substituents is 1. The number of aromatic hydroxyl groups is 1. The maximum absolute atomic E-state index is 12.7. The van der Waals surface area contributed by atoms with Crippen LogP contribution in [0.1, 0.15) is 22.7 Å². The molecule has 0 aromatic heterocycles. The Morgan fingerprint density at radius 3 is 2.59 bits per heavy atom. The number of phenols is 1. The molecule has 0 bridgehead atoms. The Morgan fingerprint density at radius 2 is 1.93 bits per heavy atom. The average molecular weight is 429 g/mol. The summed E-state index contributed by atoms with van der Waals surface area (Å²) in [6.45, 7) is 0.830. The molecular weight excluding hydrogens is 411 g/mol. The van der Waals surface area contributed by atoms with E-state index in [9.17, 15) is 26.7 Å². The number of hydrogen-bond donors (Lipinski definition) is 1. The first-order chi connectivity index (χ1) is 13.5. The van der Waals surface area contributed by atoms with Crippen molar-refractivity contribution in [2.24, 2.45) is 0 Å². The molecule has 0 amide bonds. The Kier molecular flexibility index (Phi) is 4.47. The van der Waals surface area contributed by atoms with Crippen molar-refractivity contribution in [1.29, 1.82) is 0 Å². The summed E-state index contributed by atoms with van der Waals surface area (Å²) in [5.74, 6) is -0.860. The fourth-order valence-electron chi connectivity index (χ4n) is 4.07. The van der Waals surface area contributed by atoms with Crippen LogP contribution in [-0.2, 0) is 23.0 Å². The fraction of sp³-hybridized carbons (Fsp3) is 0.368. The summed E-state index contributed by atoms with van der Waals surface area (Å²) < 4.78 is 70.5. The number of benzene rings is 2. The van der Waals surface area contributed by atoms with E-state index >= 15 is 0 Å². The van der Waals surface area contributed by atoms with Crippen molar-refractivity contribution in [2.45, 2.75) is 24.4 Å². The fourth-order valence-corrected chi connectivity index (χ4v) is 4.53. The van der Waals surface area contributed by atoms with Crippen molar-refractivity contribution in [3.63, 3.8) is 0 Å². The summed E-state index contributed by atoms with van der Waals surface area (Å²) in [5, 5.41) is 10.7. The minimum absolute atomic E-state index is 0.0391. The molecule has 0 spiro atoms. The van der Waals surface area contributed by atoms with Crippen LogP contribution in [0.15, 0.2) is 24.3 Å². The minimum atomic E-state index is -5.90. The molecule has 1 aliphatic carbocycles. The normalized spacial score (nSPS) is 18.7. The van der Waals surface area contributed by atoms with E-state index in [1.165, 1.54) is 13.2 Å². The zero-order valence-corrected chi connectivity index (χ0v) is 16.4. The molecule has 0 saturated carbocycles. The second-order valence-electron chi connectivity index (χ2n) is 7.13. The number of halogens is 3. The third-order valence-electron chi connectivity index (χ3n) is 5.47. The largest absolute Gasteiger partial charge is 0.534 e. The van der Waals surface area contributed by atoms with Crippen LogP contribution in [0, 0.1) is 0 Å². The van der Waals surface area contributed by atoms with E-state index in [2.05, 4.69) is 9.08 Å². The predicted octanol–water partition coefficient (Wildman–Crippen LogP) is 3.38. The van der Waals surface area contributed by atoms with Gasteiger partial charge in [0.15, 0.2) is 11.5 Å². The maximum Gasteiger partial charge on any atom is 0.534 e. The molecule has 2 aromatic carbocycles. The van der Waals surface area contributed by atoms with E-state index in [-0.39, 0.29) is 11.6 Å². The van der Waals surface area contributed by atoms with Gasteiger partial charge >= 0.3 is 15.6 Å². The lowest BCUT2D eigenvalue weighted by Crippen LogP contribution is -2.35. The topological polar surface area (TPSA) is 76.1 Å². The molecule has 2 aromatic rings. The maximum atomic E-state index is 12.7. The van der Waals surface area contributed by atoms with Gasteiger partial charge < -0.3 is 14.0 Å². The van der Waals surface area contributed by atoms with Crippen LogP contribution in [0.3, 0.4) is 0 Å². The summed E-state index contributed by atoms with van der Waals surface area (Å²) >= 11 is 0. The molecule has 29 heavy (non-hydrogen) atoms. The Balaban J connectivity index is 1.91. The SMILES string of the molecule is COc1cc2c3c(c1)-c1c(ccc(OS(=O)(=O)C(F)(F)F)c1O)C[C@H]3N(C)CC2. The van der Waals surface area contributed by atoms with Crippen LogP contribution in [0.4, 0.5) is 13.2 Å². The molecule has 2 aliphatic rings. The van der Waals surface area contributed by atoms with E-state index in [1.54, 1.807) is 6.07 Å². The van der Waals surface area contributed by atoms with E-state index in [0.717, 1.165) is 30.2 Å². The average Bonchev–Trinajstić information content (AvgIpc) is 2.65. The van der Waals surface area contributed by atoms with E-state index in [0.29, 0.717) is 23.3 Å². The second-order valence-corrected chi connectivity index (χ2v) is 8.67. The van der Waals surface area contributed by atoms with E-state index in [1.807, 2.05) is 13.1 Å². The molecule has 1 atom stereocenters. The second kappa shape index (κ2) is 6.53. The Labute approximate surface area is 165 Å². The van der Waals surface area contributed by atoms with Gasteiger partial charge in [0.25, 0.3) is 0 Å². The van der Waals surface area contributed by atoms with Gasteiger partial charge in [-0.3, -0.25) is 4.90 Å². The highest BCUT2D eigenvalue weighted by atomic mass is 32.2. The van der Waals surface area contributed by atoms with Crippen molar-refractivity contribution in [3.05, 3.63) is 41.0 Å². The van der Waals surface area contributed by atoms with Gasteiger partial charge in [-0.25, -0.2) is 0 Å². The van der Waals surface area contributed by atoms with E-state index in [4.69, 9.17) is 4.74 Å². The number of alkyl halides is 3. The van der Waals surface area contributed by atoms with Gasteiger partial charge in [-0.1, -0.05) is 6.07 Å². The molecule has 1 N–H and O–H groups in total. The van der Waals surface area contributed by atoms with Crippen LogP contribution in [0.2, 0.25) is 0 Å². The molecule has 0 saturated heterocycles. The predicted molar refractivity (Wildman–Crippen MR) is 98.5 cm³/mol. The van der Waals surface area contributed by atoms with Crippen molar-refractivity contribution < 1.29 is 35.6 Å². The van der Waals surface area contributed by atoms with Gasteiger partial charge in [0, 0.05) is 18.2 Å². The Bertz CT molecular complexity index is 1100. The molecule has 0 radical (unpaired) electrons. The quantitative estimate of drug-likeness (QED) is 0.596. The Morgan fingerprint density at radius 1 is 1.21 bits per heavy atom. The highest BCUT2D eigenvalue weighted by Gasteiger charge is 2.49. The zero-order valence-electron chi connectivity index (χ0n) is 15.6. The molecule has 0 fully saturated rings. The van der Waals surface area contributed by atoms with Crippen LogP contribution >= 0.6 is 0 Å². The summed E-state index contributed by atoms with van der Waals surface area (Å²) in [5.41, 5.74) is -2.06. The van der Waals surface area contributed by atoms with Gasteiger partial charge in [-0.05, 0) is 60.3 Å². The van der Waals surface area contributed by atoms with Crippen molar-refractivity contribution in [1.82, 2.24) is 4.90 Å². The molecular formula is C19H18F3NO5S. The molecule has 0 unspecified atom stereocenters. The summed E-state index contributed by atoms with van der Waals surface area (Å²) in [6.07, 6.45) is 1.28. The lowest BCUT2D eigenvalue weighted by Gasteiger charge is -2.40. The standard InChI is InChI=1S/C19H18F3NO5S/c1-23-6-5-11-7-12(27-2)9-13-16(11)14(23)8-10-3-4-15(18(24)17(10)13)28-29(25,26)19(20,21)22/h3-4,7,9,14,24H,5-6,8H2,1-2H3/t14-/m1/s1. The van der Waals surface area contributed by atoms with Gasteiger partial charge in [0.1, 0.15) is 5.75 Å². The summed E-state index contributed by atoms with van der Waals surface area (Å²) in [7, 11) is -2.42. The van der Waals surface area contributed by atoms with Crippen molar-refractivity contribution >= 4 is 10.1 Å². The van der Waals surface area contributed by atoms with Crippen LogP contribution in [0.25, 0.3) is 11.1 Å². The summed E-state index contributed by atoms with van der Waals surface area (Å²) in [4.78, 5) is 2.18. The number of nitrogens with zero attached hydrogens (tertiary/aromatic N) is 1. The third kappa shape index (κ3) is 3.10. The number of ether oxygens (including phenoxy) is 1. The molecule has 1 heterocycles. The zero-order chi connectivity index (χ0) is 21.1. The van der Waals surface area contributed by atoms with Gasteiger partial charge in [0.2, 0.25) is 0 Å². The van der Waals surface area contributed by atoms with Crippen molar-refractivity contribution in [2.75, 3.05) is 20.7 Å². The van der Waals surface area contributed by atoms with Crippen LogP contribution < -0.4 is 8.92 Å². The summed E-state index contributed by atoms with van der Waals surface area (Å²) in [6, 6.07) is 6.19. The number of methoxy groups -OCH3 is 1.